The van der Waals surface area contributed by atoms with E-state index in [0.29, 0.717) is 22.8 Å². The average Bonchev–Trinajstić information content (AvgIpc) is 2.90. The molecule has 2 N–H and O–H groups in total. The average molecular weight is 449 g/mol. The number of piperidine rings is 1. The zero-order chi connectivity index (χ0) is 16.4. The van der Waals surface area contributed by atoms with Crippen LogP contribution in [0.4, 0.5) is 5.69 Å². The lowest BCUT2D eigenvalue weighted by atomic mass is 10.2. The summed E-state index contributed by atoms with van der Waals surface area (Å²) in [7, 11) is 0. The Labute approximate surface area is 153 Å². The van der Waals surface area contributed by atoms with E-state index in [2.05, 4.69) is 33.1 Å². The third kappa shape index (κ3) is 3.89. The van der Waals surface area contributed by atoms with Gasteiger partial charge in [-0.3, -0.25) is 10.2 Å². The maximum Gasteiger partial charge on any atom is 0.281 e. The summed E-state index contributed by atoms with van der Waals surface area (Å²) >= 11 is 8.08. The Morgan fingerprint density at radius 2 is 2.09 bits per heavy atom. The van der Waals surface area contributed by atoms with Crippen LogP contribution >= 0.6 is 34.2 Å². The monoisotopic (exact) mass is 448 g/mol. The van der Waals surface area contributed by atoms with Crippen LogP contribution in [0.3, 0.4) is 0 Å². The number of nitrogens with zero attached hydrogens (tertiary/aromatic N) is 3. The highest BCUT2D eigenvalue weighted by Gasteiger charge is 2.31. The summed E-state index contributed by atoms with van der Waals surface area (Å²) in [6.07, 6.45) is 3.95. The molecule has 1 saturated heterocycles. The lowest BCUT2D eigenvalue weighted by Gasteiger charge is -2.26. The number of aromatic hydroxyl groups is 1. The lowest BCUT2D eigenvalue weighted by Crippen LogP contribution is -2.47. The van der Waals surface area contributed by atoms with Crippen LogP contribution in [-0.4, -0.2) is 38.9 Å². The zero-order valence-corrected chi connectivity index (χ0v) is 15.4. The number of halogens is 2. The lowest BCUT2D eigenvalue weighted by molar-refractivity contribution is -0.119. The molecular formula is C15H18ClIN4O2. The first-order chi connectivity index (χ1) is 11.0. The Kier molecular flexibility index (Phi) is 5.27. The number of benzene rings is 1. The van der Waals surface area contributed by atoms with Crippen LogP contribution in [-0.2, 0) is 4.79 Å². The van der Waals surface area contributed by atoms with Crippen molar-refractivity contribution < 1.29 is 9.90 Å². The summed E-state index contributed by atoms with van der Waals surface area (Å²) in [5.41, 5.74) is 3.95. The Balaban J connectivity index is 1.72. The highest BCUT2D eigenvalue weighted by molar-refractivity contribution is 14.1. The maximum absolute atomic E-state index is 12.4. The molecule has 23 heavy (non-hydrogen) atoms. The number of rotatable bonds is 3. The number of amides is 1. The van der Waals surface area contributed by atoms with Crippen molar-refractivity contribution in [2.75, 3.05) is 18.1 Å². The zero-order valence-electron chi connectivity index (χ0n) is 12.5. The first-order valence-electron chi connectivity index (χ1n) is 7.60. The number of hydrogen-bond donors (Lipinski definition) is 2. The molecule has 0 bridgehead atoms. The van der Waals surface area contributed by atoms with E-state index in [1.165, 1.54) is 12.5 Å². The van der Waals surface area contributed by atoms with E-state index < -0.39 is 0 Å². The van der Waals surface area contributed by atoms with Gasteiger partial charge in [-0.25, -0.2) is 10.0 Å². The fraction of sp³-hybridized carbons (Fsp3) is 0.467. The summed E-state index contributed by atoms with van der Waals surface area (Å²) in [5.74, 6) is -0.106. The fourth-order valence-electron chi connectivity index (χ4n) is 2.73. The number of carbonyl (C=O) groups excluding carboxylic acids is 1. The van der Waals surface area contributed by atoms with E-state index in [0.717, 1.165) is 25.9 Å². The van der Waals surface area contributed by atoms with Crippen molar-refractivity contribution in [3.63, 3.8) is 0 Å². The van der Waals surface area contributed by atoms with Crippen LogP contribution in [0.1, 0.15) is 25.7 Å². The van der Waals surface area contributed by atoms with Gasteiger partial charge in [0.2, 0.25) is 0 Å². The summed E-state index contributed by atoms with van der Waals surface area (Å²) in [5, 5.41) is 18.5. The van der Waals surface area contributed by atoms with Crippen molar-refractivity contribution in [3.8, 4) is 5.75 Å². The Bertz CT molecular complexity index is 634. The van der Waals surface area contributed by atoms with Gasteiger partial charge in [-0.1, -0.05) is 40.6 Å². The number of anilines is 1. The summed E-state index contributed by atoms with van der Waals surface area (Å²) in [6.45, 7) is 1.77. The molecule has 3 rings (SSSR count). The largest absolute Gasteiger partial charge is 0.506 e. The third-order valence-electron chi connectivity index (χ3n) is 3.92. The van der Waals surface area contributed by atoms with Crippen LogP contribution in [0.25, 0.3) is 0 Å². The molecule has 2 aliphatic rings. The highest BCUT2D eigenvalue weighted by Crippen LogP contribution is 2.36. The molecule has 8 heteroatoms. The van der Waals surface area contributed by atoms with Crippen LogP contribution in [0.15, 0.2) is 23.3 Å². The number of phenols is 1. The van der Waals surface area contributed by atoms with Gasteiger partial charge in [-0.05, 0) is 25.0 Å². The molecule has 0 aliphatic carbocycles. The van der Waals surface area contributed by atoms with E-state index in [4.69, 9.17) is 11.6 Å². The van der Waals surface area contributed by atoms with Gasteiger partial charge in [-0.15, -0.1) is 0 Å². The van der Waals surface area contributed by atoms with Gasteiger partial charge >= 0.3 is 0 Å². The molecule has 0 spiro atoms. The van der Waals surface area contributed by atoms with Crippen molar-refractivity contribution >= 4 is 51.5 Å². The van der Waals surface area contributed by atoms with Crippen LogP contribution in [0.5, 0.6) is 5.75 Å². The summed E-state index contributed by atoms with van der Waals surface area (Å²) in [6, 6.07) is 4.88. The molecule has 0 aromatic heterocycles. The highest BCUT2D eigenvalue weighted by atomic mass is 127. The number of hydrazone groups is 1. The maximum atomic E-state index is 12.4. The van der Waals surface area contributed by atoms with Crippen LogP contribution in [0, 0.1) is 0 Å². The van der Waals surface area contributed by atoms with Crippen molar-refractivity contribution in [1.82, 2.24) is 10.4 Å². The van der Waals surface area contributed by atoms with E-state index in [1.807, 2.05) is 5.01 Å². The molecule has 1 aromatic carbocycles. The van der Waals surface area contributed by atoms with Crippen molar-refractivity contribution in [1.29, 1.82) is 0 Å². The molecule has 6 nitrogen and oxygen atoms in total. The smallest absolute Gasteiger partial charge is 0.281 e. The first kappa shape index (κ1) is 16.8. The molecule has 1 atom stereocenters. The molecule has 2 aliphatic heterocycles. The normalized spacial score (nSPS) is 22.1. The molecule has 124 valence electrons. The minimum atomic E-state index is -0.162. The molecule has 0 radical (unpaired) electrons. The van der Waals surface area contributed by atoms with Gasteiger partial charge in [0.15, 0.2) is 0 Å². The molecule has 1 fully saturated rings. The second-order valence-electron chi connectivity index (χ2n) is 5.65. The van der Waals surface area contributed by atoms with Gasteiger partial charge in [0, 0.05) is 30.6 Å². The quantitative estimate of drug-likeness (QED) is 0.424. The number of nitrogens with one attached hydrogen (secondary N) is 1. The van der Waals surface area contributed by atoms with Crippen molar-refractivity contribution in [3.05, 3.63) is 23.2 Å². The standard InChI is InChI=1S/C15H18ClIN4O2/c16-10-4-5-12(13(22)8-10)21-14(17)9-11(18-21)15(23)19-20-6-2-1-3-7-20/h4-5,8,14,22H,1-3,6-7,9H2,(H,19,23)/t14-/m0/s1. The van der Waals surface area contributed by atoms with Gasteiger partial charge in [0.05, 0.1) is 0 Å². The number of hydrogen-bond acceptors (Lipinski definition) is 5. The van der Waals surface area contributed by atoms with E-state index in [-0.39, 0.29) is 15.7 Å². The fourth-order valence-corrected chi connectivity index (χ4v) is 3.73. The molecular weight excluding hydrogens is 431 g/mol. The van der Waals surface area contributed by atoms with Gasteiger partial charge in [0.1, 0.15) is 21.2 Å². The molecule has 0 saturated carbocycles. The topological polar surface area (TPSA) is 68.2 Å². The first-order valence-corrected chi connectivity index (χ1v) is 9.22. The molecule has 1 aromatic rings. The van der Waals surface area contributed by atoms with E-state index in [1.54, 1.807) is 17.1 Å². The van der Waals surface area contributed by atoms with Gasteiger partial charge < -0.3 is 5.11 Å². The molecule has 0 unspecified atom stereocenters. The second-order valence-corrected chi connectivity index (χ2v) is 7.53. The van der Waals surface area contributed by atoms with Crippen molar-refractivity contribution in [2.24, 2.45) is 5.10 Å². The predicted octanol–water partition coefficient (Wildman–Crippen LogP) is 2.89. The second kappa shape index (κ2) is 7.23. The van der Waals surface area contributed by atoms with Gasteiger partial charge in [0.25, 0.3) is 5.91 Å². The number of phenolic OH excluding ortho intramolecular Hbond substituents is 1. The Morgan fingerprint density at radius 3 is 2.78 bits per heavy atom. The number of carbonyl (C=O) groups is 1. The van der Waals surface area contributed by atoms with E-state index >= 15 is 0 Å². The van der Waals surface area contributed by atoms with Crippen molar-refractivity contribution in [2.45, 2.75) is 29.7 Å². The third-order valence-corrected chi connectivity index (χ3v) is 5.12. The minimum Gasteiger partial charge on any atom is -0.506 e. The minimum absolute atomic E-state index is 0.0261. The van der Waals surface area contributed by atoms with Gasteiger partial charge in [-0.2, -0.15) is 5.10 Å². The summed E-state index contributed by atoms with van der Waals surface area (Å²) < 4.78 is -0.0261. The van der Waals surface area contributed by atoms with Crippen LogP contribution < -0.4 is 10.4 Å². The predicted molar refractivity (Wildman–Crippen MR) is 99.0 cm³/mol. The summed E-state index contributed by atoms with van der Waals surface area (Å²) in [4.78, 5) is 12.4. The Hall–Kier alpha value is -1.06. The van der Waals surface area contributed by atoms with E-state index in [9.17, 15) is 9.90 Å². The molecule has 2 heterocycles. The SMILES string of the molecule is O=C(NN1CCCCC1)C1=NN(c2ccc(Cl)cc2O)[C@H](I)C1. The number of hydrazine groups is 1. The number of alkyl halides is 1. The van der Waals surface area contributed by atoms with Crippen LogP contribution in [0.2, 0.25) is 5.02 Å². The molecule has 1 amide bonds. The Morgan fingerprint density at radius 1 is 1.35 bits per heavy atom.